The average Bonchev–Trinajstić information content (AvgIpc) is 2.23. The molecule has 0 aromatic heterocycles. The van der Waals surface area contributed by atoms with Crippen LogP contribution in [-0.2, 0) is 14.3 Å². The van der Waals surface area contributed by atoms with E-state index in [0.29, 0.717) is 0 Å². The van der Waals surface area contributed by atoms with Crippen molar-refractivity contribution in [3.63, 3.8) is 0 Å². The lowest BCUT2D eigenvalue weighted by Crippen LogP contribution is -2.22. The van der Waals surface area contributed by atoms with Crippen molar-refractivity contribution in [1.82, 2.24) is 0 Å². The lowest BCUT2D eigenvalue weighted by Gasteiger charge is -2.16. The number of rotatable bonds is 1. The molecule has 1 heterocycles. The maximum atomic E-state index is 13.0. The van der Waals surface area contributed by atoms with Gasteiger partial charge in [-0.15, -0.1) is 0 Å². The highest BCUT2D eigenvalue weighted by molar-refractivity contribution is 6.25. The van der Waals surface area contributed by atoms with E-state index in [1.807, 2.05) is 0 Å². The molecule has 0 saturated carbocycles. The van der Waals surface area contributed by atoms with Crippen LogP contribution < -0.4 is 0 Å². The fourth-order valence-corrected chi connectivity index (χ4v) is 1.45. The van der Waals surface area contributed by atoms with Crippen molar-refractivity contribution >= 4 is 17.5 Å². The van der Waals surface area contributed by atoms with Gasteiger partial charge in [0.05, 0.1) is 18.9 Å². The van der Waals surface area contributed by atoms with Crippen molar-refractivity contribution < 1.29 is 23.5 Å². The van der Waals surface area contributed by atoms with Gasteiger partial charge in [-0.2, -0.15) is 0 Å². The number of ether oxygens (including phenoxy) is 2. The number of methoxy groups -OCH3 is 1. The number of carbonyl (C=O) groups is 2. The monoisotopic (exact) mass is 222 g/mol. The van der Waals surface area contributed by atoms with Crippen LogP contribution in [0.5, 0.6) is 0 Å². The van der Waals surface area contributed by atoms with Crippen molar-refractivity contribution in [2.24, 2.45) is 0 Å². The van der Waals surface area contributed by atoms with Crippen LogP contribution in [0.2, 0.25) is 0 Å². The molecule has 0 bridgehead atoms. The van der Waals surface area contributed by atoms with Crippen molar-refractivity contribution in [3.8, 4) is 0 Å². The smallest absolute Gasteiger partial charge is 0.349 e. The Morgan fingerprint density at radius 2 is 2.00 bits per heavy atom. The molecule has 1 aliphatic rings. The molecule has 0 atom stereocenters. The van der Waals surface area contributed by atoms with Crippen LogP contribution >= 0.6 is 0 Å². The molecule has 0 saturated heterocycles. The van der Waals surface area contributed by atoms with Crippen LogP contribution in [-0.4, -0.2) is 19.0 Å². The predicted molar refractivity (Wildman–Crippen MR) is 51.8 cm³/mol. The molecule has 1 aromatic carbocycles. The van der Waals surface area contributed by atoms with Crippen LogP contribution in [0.3, 0.4) is 0 Å². The number of benzene rings is 1. The quantitative estimate of drug-likeness (QED) is 0.313. The molecule has 0 aliphatic carbocycles. The maximum absolute atomic E-state index is 13.0. The Labute approximate surface area is 90.3 Å². The van der Waals surface area contributed by atoms with Crippen LogP contribution in [0.4, 0.5) is 4.39 Å². The molecular weight excluding hydrogens is 215 g/mol. The Balaban J connectivity index is 2.65. The summed E-state index contributed by atoms with van der Waals surface area (Å²) in [6.45, 7) is 0. The second-order valence-corrected chi connectivity index (χ2v) is 3.13. The Morgan fingerprint density at radius 3 is 2.69 bits per heavy atom. The van der Waals surface area contributed by atoms with Crippen molar-refractivity contribution in [1.29, 1.82) is 0 Å². The molecule has 16 heavy (non-hydrogen) atoms. The van der Waals surface area contributed by atoms with Gasteiger partial charge in [-0.05, 0) is 18.2 Å². The van der Waals surface area contributed by atoms with E-state index in [1.165, 1.54) is 13.2 Å². The first-order chi connectivity index (χ1) is 7.63. The van der Waals surface area contributed by atoms with Crippen LogP contribution in [0, 0.1) is 5.82 Å². The summed E-state index contributed by atoms with van der Waals surface area (Å²) in [6, 6.07) is 3.49. The van der Waals surface area contributed by atoms with Gasteiger partial charge in [0.25, 0.3) is 0 Å². The summed E-state index contributed by atoms with van der Waals surface area (Å²) in [6.07, 6.45) is 1.12. The second kappa shape index (κ2) is 3.77. The van der Waals surface area contributed by atoms with Crippen molar-refractivity contribution in [3.05, 3.63) is 41.4 Å². The lowest BCUT2D eigenvalue weighted by molar-refractivity contribution is -0.131. The number of carbonyl (C=O) groups excluding carboxylic acids is 2. The van der Waals surface area contributed by atoms with Gasteiger partial charge < -0.3 is 9.47 Å². The number of hydrogen-bond acceptors (Lipinski definition) is 4. The van der Waals surface area contributed by atoms with Crippen molar-refractivity contribution in [2.45, 2.75) is 0 Å². The molecule has 5 heteroatoms. The Bertz CT molecular complexity index is 505. The summed E-state index contributed by atoms with van der Waals surface area (Å²) in [4.78, 5) is 22.7. The van der Waals surface area contributed by atoms with Gasteiger partial charge in [0, 0.05) is 5.56 Å². The Kier molecular flexibility index (Phi) is 2.44. The van der Waals surface area contributed by atoms with Gasteiger partial charge in [-0.25, -0.2) is 14.0 Å². The zero-order valence-corrected chi connectivity index (χ0v) is 8.32. The van der Waals surface area contributed by atoms with E-state index in [2.05, 4.69) is 9.47 Å². The molecule has 2 rings (SSSR count). The molecular formula is C11H7FO4. The Morgan fingerprint density at radius 1 is 1.25 bits per heavy atom. The molecule has 0 radical (unpaired) electrons. The minimum atomic E-state index is -0.843. The predicted octanol–water partition coefficient (Wildman–Crippen LogP) is 1.51. The second-order valence-electron chi connectivity index (χ2n) is 3.13. The summed E-state index contributed by atoms with van der Waals surface area (Å²) in [5.74, 6) is -2.17. The molecule has 0 spiro atoms. The number of cyclic esters (lactones) is 2. The third-order valence-corrected chi connectivity index (χ3v) is 2.13. The Hall–Kier alpha value is -2.17. The zero-order valence-electron chi connectivity index (χ0n) is 8.32. The third kappa shape index (κ3) is 1.56. The van der Waals surface area contributed by atoms with Gasteiger partial charge in [-0.1, -0.05) is 0 Å². The van der Waals surface area contributed by atoms with Gasteiger partial charge in [0.15, 0.2) is 0 Å². The first-order valence-electron chi connectivity index (χ1n) is 4.43. The first kappa shape index (κ1) is 10.4. The van der Waals surface area contributed by atoms with Crippen LogP contribution in [0.25, 0.3) is 5.57 Å². The zero-order chi connectivity index (χ0) is 11.7. The molecule has 4 nitrogen and oxygen atoms in total. The van der Waals surface area contributed by atoms with Gasteiger partial charge in [0.2, 0.25) is 0 Å². The SMILES string of the molecule is CO/C=C1\C(=O)OC(=O)c2ccc(F)cc21. The minimum absolute atomic E-state index is 0.0246. The summed E-state index contributed by atoms with van der Waals surface area (Å²) in [5.41, 5.74) is 0.351. The minimum Gasteiger partial charge on any atom is -0.503 e. The highest BCUT2D eigenvalue weighted by atomic mass is 19.1. The van der Waals surface area contributed by atoms with E-state index in [0.717, 1.165) is 18.4 Å². The standard InChI is InChI=1S/C11H7FO4/c1-15-5-9-8-4-6(12)2-3-7(8)10(13)16-11(9)14/h2-5H,1H3/b9-5-. The normalized spacial score (nSPS) is 17.0. The number of halogens is 1. The van der Waals surface area contributed by atoms with E-state index < -0.39 is 17.8 Å². The molecule has 0 unspecified atom stereocenters. The van der Waals surface area contributed by atoms with Crippen molar-refractivity contribution in [2.75, 3.05) is 7.11 Å². The van der Waals surface area contributed by atoms with Gasteiger partial charge in [-0.3, -0.25) is 0 Å². The van der Waals surface area contributed by atoms with Crippen LogP contribution in [0.1, 0.15) is 15.9 Å². The highest BCUT2D eigenvalue weighted by Gasteiger charge is 2.30. The lowest BCUT2D eigenvalue weighted by atomic mass is 9.98. The molecule has 0 amide bonds. The molecule has 0 fully saturated rings. The molecule has 1 aromatic rings. The summed E-state index contributed by atoms with van der Waals surface area (Å²) >= 11 is 0. The van der Waals surface area contributed by atoms with Gasteiger partial charge >= 0.3 is 11.9 Å². The highest BCUT2D eigenvalue weighted by Crippen LogP contribution is 2.27. The van der Waals surface area contributed by atoms with E-state index in [9.17, 15) is 14.0 Å². The average molecular weight is 222 g/mol. The molecule has 0 N–H and O–H groups in total. The number of esters is 2. The topological polar surface area (TPSA) is 52.6 Å². The van der Waals surface area contributed by atoms with E-state index in [1.54, 1.807) is 0 Å². The first-order valence-corrected chi connectivity index (χ1v) is 4.43. The maximum Gasteiger partial charge on any atom is 0.349 e. The third-order valence-electron chi connectivity index (χ3n) is 2.13. The van der Waals surface area contributed by atoms with Crippen LogP contribution in [0.15, 0.2) is 24.5 Å². The van der Waals surface area contributed by atoms with Gasteiger partial charge in [0.1, 0.15) is 11.4 Å². The summed E-state index contributed by atoms with van der Waals surface area (Å²) in [5, 5.41) is 0. The number of hydrogen-bond donors (Lipinski definition) is 0. The summed E-state index contributed by atoms with van der Waals surface area (Å²) in [7, 11) is 1.34. The van der Waals surface area contributed by atoms with E-state index in [-0.39, 0.29) is 16.7 Å². The number of fused-ring (bicyclic) bond motifs is 1. The fraction of sp³-hybridized carbons (Fsp3) is 0.0909. The molecule has 1 aliphatic heterocycles. The molecule has 82 valence electrons. The van der Waals surface area contributed by atoms with E-state index >= 15 is 0 Å². The largest absolute Gasteiger partial charge is 0.503 e. The van der Waals surface area contributed by atoms with E-state index in [4.69, 9.17) is 0 Å². The fourth-order valence-electron chi connectivity index (χ4n) is 1.45. The summed E-state index contributed by atoms with van der Waals surface area (Å²) < 4.78 is 22.2.